The highest BCUT2D eigenvalue weighted by Crippen LogP contribution is 2.32. The molecule has 0 bridgehead atoms. The standard InChI is InChI=1S/C28H28N6O3/c1-4-34-26(30-31-32-34)22-11-8-7-10-21(22)20-16-14-19(15-17-20)18-33-25-23(27(35)36-5-2)12-9-13-24(25)29-28(33)37-6-3/h7-17H,4-6,18H2,1-3H3. The van der Waals surface area contributed by atoms with Crippen LogP contribution in [0.5, 0.6) is 6.01 Å². The first-order valence-corrected chi connectivity index (χ1v) is 12.4. The molecule has 0 aliphatic carbocycles. The van der Waals surface area contributed by atoms with Crippen LogP contribution in [0.2, 0.25) is 0 Å². The van der Waals surface area contributed by atoms with Crippen LogP contribution < -0.4 is 4.74 Å². The summed E-state index contributed by atoms with van der Waals surface area (Å²) in [6, 6.07) is 22.3. The van der Waals surface area contributed by atoms with E-state index in [-0.39, 0.29) is 5.97 Å². The fourth-order valence-corrected chi connectivity index (χ4v) is 4.44. The second-order valence-electron chi connectivity index (χ2n) is 8.37. The van der Waals surface area contributed by atoms with Crippen LogP contribution in [0.4, 0.5) is 0 Å². The molecule has 2 aromatic heterocycles. The van der Waals surface area contributed by atoms with Crippen molar-refractivity contribution in [1.29, 1.82) is 0 Å². The SMILES string of the molecule is CCOC(=O)c1cccc2nc(OCC)n(Cc3ccc(-c4ccccc4-c4nnnn4CC)cc3)c12. The smallest absolute Gasteiger partial charge is 0.340 e. The molecule has 37 heavy (non-hydrogen) atoms. The molecule has 2 heterocycles. The fourth-order valence-electron chi connectivity index (χ4n) is 4.44. The molecule has 3 aromatic carbocycles. The Balaban J connectivity index is 1.52. The molecule has 9 heteroatoms. The van der Waals surface area contributed by atoms with E-state index in [2.05, 4.69) is 50.8 Å². The zero-order valence-corrected chi connectivity index (χ0v) is 21.1. The summed E-state index contributed by atoms with van der Waals surface area (Å²) < 4.78 is 14.9. The molecular weight excluding hydrogens is 468 g/mol. The van der Waals surface area contributed by atoms with Gasteiger partial charge in [-0.05, 0) is 60.0 Å². The number of para-hydroxylation sites is 1. The highest BCUT2D eigenvalue weighted by Gasteiger charge is 2.20. The number of nitrogens with zero attached hydrogens (tertiary/aromatic N) is 6. The molecule has 5 rings (SSSR count). The molecule has 0 aliphatic heterocycles. The minimum absolute atomic E-state index is 0.301. The molecule has 0 saturated heterocycles. The van der Waals surface area contributed by atoms with Crippen molar-refractivity contribution in [2.24, 2.45) is 0 Å². The molecule has 0 aliphatic rings. The van der Waals surface area contributed by atoms with Crippen LogP contribution in [0.3, 0.4) is 0 Å². The molecule has 0 amide bonds. The third-order valence-electron chi connectivity index (χ3n) is 6.11. The van der Waals surface area contributed by atoms with Crippen LogP contribution >= 0.6 is 0 Å². The number of benzene rings is 3. The van der Waals surface area contributed by atoms with Crippen LogP contribution in [-0.2, 0) is 17.8 Å². The molecular formula is C28H28N6O3. The number of hydrogen-bond acceptors (Lipinski definition) is 7. The number of carbonyl (C=O) groups excluding carboxylic acids is 1. The summed E-state index contributed by atoms with van der Waals surface area (Å²) in [5, 5.41) is 12.2. The van der Waals surface area contributed by atoms with Gasteiger partial charge in [-0.15, -0.1) is 5.10 Å². The average molecular weight is 497 g/mol. The summed E-state index contributed by atoms with van der Waals surface area (Å²) in [7, 11) is 0. The Bertz CT molecular complexity index is 1540. The molecule has 5 aromatic rings. The number of fused-ring (bicyclic) bond motifs is 1. The Labute approximate surface area is 214 Å². The Morgan fingerprint density at radius 3 is 2.41 bits per heavy atom. The lowest BCUT2D eigenvalue weighted by atomic mass is 9.98. The second kappa shape index (κ2) is 10.6. The van der Waals surface area contributed by atoms with Crippen molar-refractivity contribution in [3.8, 4) is 28.5 Å². The number of tetrazole rings is 1. The maximum Gasteiger partial charge on any atom is 0.340 e. The maximum atomic E-state index is 12.7. The molecule has 0 radical (unpaired) electrons. The number of imidazole rings is 1. The Kier molecular flexibility index (Phi) is 6.93. The first kappa shape index (κ1) is 24.2. The molecule has 0 N–H and O–H groups in total. The Hall–Kier alpha value is -4.53. The number of aryl methyl sites for hydroxylation is 1. The van der Waals surface area contributed by atoms with E-state index in [0.29, 0.717) is 48.9 Å². The van der Waals surface area contributed by atoms with E-state index in [1.54, 1.807) is 17.7 Å². The van der Waals surface area contributed by atoms with Gasteiger partial charge in [-0.25, -0.2) is 9.48 Å². The minimum Gasteiger partial charge on any atom is -0.465 e. The monoisotopic (exact) mass is 496 g/mol. The predicted octanol–water partition coefficient (Wildman–Crippen LogP) is 5.00. The molecule has 0 atom stereocenters. The lowest BCUT2D eigenvalue weighted by molar-refractivity contribution is 0.0528. The summed E-state index contributed by atoms with van der Waals surface area (Å²) in [5.74, 6) is 0.360. The van der Waals surface area contributed by atoms with Gasteiger partial charge >= 0.3 is 5.97 Å². The topological polar surface area (TPSA) is 97.0 Å². The summed E-state index contributed by atoms with van der Waals surface area (Å²) in [6.07, 6.45) is 0. The zero-order chi connectivity index (χ0) is 25.8. The van der Waals surface area contributed by atoms with E-state index in [1.165, 1.54) is 0 Å². The van der Waals surface area contributed by atoms with Gasteiger partial charge in [-0.3, -0.25) is 4.57 Å². The van der Waals surface area contributed by atoms with Gasteiger partial charge in [0.2, 0.25) is 0 Å². The van der Waals surface area contributed by atoms with Crippen molar-refractivity contribution in [3.05, 3.63) is 77.9 Å². The Morgan fingerprint density at radius 2 is 1.68 bits per heavy atom. The fraction of sp³-hybridized carbons (Fsp3) is 0.250. The van der Waals surface area contributed by atoms with Gasteiger partial charge in [0.25, 0.3) is 6.01 Å². The quantitative estimate of drug-likeness (QED) is 0.265. The highest BCUT2D eigenvalue weighted by atomic mass is 16.5. The van der Waals surface area contributed by atoms with Crippen LogP contribution in [-0.4, -0.2) is 48.9 Å². The van der Waals surface area contributed by atoms with Gasteiger partial charge in [0, 0.05) is 12.1 Å². The third kappa shape index (κ3) is 4.67. The van der Waals surface area contributed by atoms with Gasteiger partial charge in [0.15, 0.2) is 5.82 Å². The molecule has 0 saturated carbocycles. The van der Waals surface area contributed by atoms with Crippen molar-refractivity contribution < 1.29 is 14.3 Å². The van der Waals surface area contributed by atoms with Gasteiger partial charge in [-0.1, -0.05) is 54.6 Å². The number of hydrogen-bond donors (Lipinski definition) is 0. The third-order valence-corrected chi connectivity index (χ3v) is 6.11. The van der Waals surface area contributed by atoms with E-state index in [0.717, 1.165) is 28.1 Å². The van der Waals surface area contributed by atoms with Crippen LogP contribution in [0.25, 0.3) is 33.5 Å². The first-order chi connectivity index (χ1) is 18.1. The van der Waals surface area contributed by atoms with E-state index in [9.17, 15) is 4.79 Å². The lowest BCUT2D eigenvalue weighted by Gasteiger charge is -2.13. The number of rotatable bonds is 9. The van der Waals surface area contributed by atoms with E-state index in [1.807, 2.05) is 48.7 Å². The summed E-state index contributed by atoms with van der Waals surface area (Å²) >= 11 is 0. The number of carbonyl (C=O) groups is 1. The Morgan fingerprint density at radius 1 is 0.892 bits per heavy atom. The second-order valence-corrected chi connectivity index (χ2v) is 8.37. The molecule has 0 unspecified atom stereocenters. The van der Waals surface area contributed by atoms with Crippen LogP contribution in [0.15, 0.2) is 66.7 Å². The predicted molar refractivity (Wildman–Crippen MR) is 140 cm³/mol. The van der Waals surface area contributed by atoms with Crippen molar-refractivity contribution in [2.45, 2.75) is 33.9 Å². The average Bonchev–Trinajstić information content (AvgIpc) is 3.54. The summed E-state index contributed by atoms with van der Waals surface area (Å²) in [6.45, 7) is 7.66. The minimum atomic E-state index is -0.376. The van der Waals surface area contributed by atoms with E-state index >= 15 is 0 Å². The van der Waals surface area contributed by atoms with Gasteiger partial charge in [-0.2, -0.15) is 4.98 Å². The van der Waals surface area contributed by atoms with E-state index < -0.39 is 0 Å². The molecule has 0 spiro atoms. The lowest BCUT2D eigenvalue weighted by Crippen LogP contribution is -2.10. The van der Waals surface area contributed by atoms with Crippen molar-refractivity contribution in [3.63, 3.8) is 0 Å². The van der Waals surface area contributed by atoms with Gasteiger partial charge in [0.05, 0.1) is 36.4 Å². The summed E-state index contributed by atoms with van der Waals surface area (Å²) in [5.41, 5.74) is 5.97. The van der Waals surface area contributed by atoms with Crippen molar-refractivity contribution >= 4 is 17.0 Å². The first-order valence-electron chi connectivity index (χ1n) is 12.4. The zero-order valence-electron chi connectivity index (χ0n) is 21.1. The van der Waals surface area contributed by atoms with E-state index in [4.69, 9.17) is 9.47 Å². The number of esters is 1. The largest absolute Gasteiger partial charge is 0.465 e. The van der Waals surface area contributed by atoms with Crippen molar-refractivity contribution in [1.82, 2.24) is 29.8 Å². The maximum absolute atomic E-state index is 12.7. The summed E-state index contributed by atoms with van der Waals surface area (Å²) in [4.78, 5) is 17.3. The van der Waals surface area contributed by atoms with Crippen LogP contribution in [0.1, 0.15) is 36.7 Å². The van der Waals surface area contributed by atoms with Crippen molar-refractivity contribution in [2.75, 3.05) is 13.2 Å². The highest BCUT2D eigenvalue weighted by molar-refractivity contribution is 6.02. The number of ether oxygens (including phenoxy) is 2. The normalized spacial score (nSPS) is 11.1. The van der Waals surface area contributed by atoms with Gasteiger partial charge in [0.1, 0.15) is 0 Å². The molecule has 188 valence electrons. The van der Waals surface area contributed by atoms with Gasteiger partial charge < -0.3 is 9.47 Å². The number of aromatic nitrogens is 6. The molecule has 9 nitrogen and oxygen atoms in total. The van der Waals surface area contributed by atoms with Crippen LogP contribution in [0, 0.1) is 0 Å². The molecule has 0 fully saturated rings.